The second-order valence-electron chi connectivity index (χ2n) is 3.86. The van der Waals surface area contributed by atoms with E-state index in [0.29, 0.717) is 5.92 Å². The van der Waals surface area contributed by atoms with E-state index in [1.165, 1.54) is 17.7 Å². The highest BCUT2D eigenvalue weighted by molar-refractivity contribution is 7.99. The third kappa shape index (κ3) is 2.75. The molecular weight excluding hydrogens is 212 g/mol. The van der Waals surface area contributed by atoms with Gasteiger partial charge in [-0.2, -0.15) is 23.1 Å². The van der Waals surface area contributed by atoms with E-state index in [2.05, 4.69) is 16.8 Å². The Morgan fingerprint density at radius 3 is 3.14 bits per heavy atom. The van der Waals surface area contributed by atoms with Gasteiger partial charge in [0.15, 0.2) is 0 Å². The minimum absolute atomic E-state index is 0.0788. The minimum atomic E-state index is -0.0788. The van der Waals surface area contributed by atoms with Crippen LogP contribution in [0, 0.1) is 5.92 Å². The van der Waals surface area contributed by atoms with Gasteiger partial charge in [-0.25, -0.2) is 0 Å². The van der Waals surface area contributed by atoms with Crippen LogP contribution in [0.15, 0.2) is 16.8 Å². The molecule has 0 radical (unpaired) electrons. The fourth-order valence-corrected chi connectivity index (χ4v) is 3.87. The normalized spacial score (nSPS) is 23.9. The van der Waals surface area contributed by atoms with Crippen molar-refractivity contribution in [1.82, 2.24) is 0 Å². The second kappa shape index (κ2) is 5.19. The maximum atomic E-state index is 9.94. The highest BCUT2D eigenvalue weighted by Gasteiger charge is 2.23. The zero-order chi connectivity index (χ0) is 9.80. The molecule has 2 heterocycles. The topological polar surface area (TPSA) is 20.2 Å². The van der Waals surface area contributed by atoms with Gasteiger partial charge in [-0.05, 0) is 59.1 Å². The first-order chi connectivity index (χ1) is 6.86. The molecule has 1 saturated heterocycles. The summed E-state index contributed by atoms with van der Waals surface area (Å²) in [4.78, 5) is 0. The Hall–Kier alpha value is 0.01000. The lowest BCUT2D eigenvalue weighted by atomic mass is 9.97. The van der Waals surface area contributed by atoms with Gasteiger partial charge in [0, 0.05) is 0 Å². The monoisotopic (exact) mass is 228 g/mol. The van der Waals surface area contributed by atoms with Crippen LogP contribution in [0.5, 0.6) is 0 Å². The third-order valence-electron chi connectivity index (χ3n) is 2.82. The maximum Gasteiger partial charge on any atom is 0.0579 e. The van der Waals surface area contributed by atoms with Crippen molar-refractivity contribution in [3.8, 4) is 0 Å². The lowest BCUT2D eigenvalue weighted by Gasteiger charge is -2.16. The number of rotatable bonds is 4. The van der Waals surface area contributed by atoms with E-state index in [1.54, 1.807) is 11.3 Å². The second-order valence-corrected chi connectivity index (χ2v) is 5.79. The summed E-state index contributed by atoms with van der Waals surface area (Å²) in [6, 6.07) is 2.15. The maximum absolute atomic E-state index is 9.94. The smallest absolute Gasteiger partial charge is 0.0579 e. The molecule has 0 amide bonds. The molecule has 14 heavy (non-hydrogen) atoms. The molecule has 1 aliphatic heterocycles. The lowest BCUT2D eigenvalue weighted by molar-refractivity contribution is 0.111. The number of aliphatic hydroxyl groups excluding tert-OH is 1. The molecule has 2 unspecified atom stereocenters. The molecule has 78 valence electrons. The van der Waals surface area contributed by atoms with E-state index >= 15 is 0 Å². The van der Waals surface area contributed by atoms with Crippen LogP contribution in [-0.4, -0.2) is 22.7 Å². The SMILES string of the molecule is OC(CCc1ccsc1)C1CCSC1. The van der Waals surface area contributed by atoms with Crippen molar-refractivity contribution in [2.45, 2.75) is 25.4 Å². The summed E-state index contributed by atoms with van der Waals surface area (Å²) >= 11 is 3.71. The third-order valence-corrected chi connectivity index (χ3v) is 4.74. The number of thiophene rings is 1. The summed E-state index contributed by atoms with van der Waals surface area (Å²) < 4.78 is 0. The number of aliphatic hydroxyl groups is 1. The van der Waals surface area contributed by atoms with E-state index in [0.717, 1.165) is 18.6 Å². The first kappa shape index (κ1) is 10.5. The van der Waals surface area contributed by atoms with Crippen LogP contribution in [0.2, 0.25) is 0 Å². The number of hydrogen-bond donors (Lipinski definition) is 1. The van der Waals surface area contributed by atoms with Crippen LogP contribution in [0.3, 0.4) is 0 Å². The van der Waals surface area contributed by atoms with Crippen LogP contribution >= 0.6 is 23.1 Å². The van der Waals surface area contributed by atoms with E-state index in [-0.39, 0.29) is 6.10 Å². The average molecular weight is 228 g/mol. The van der Waals surface area contributed by atoms with Crippen molar-refractivity contribution in [2.24, 2.45) is 5.92 Å². The average Bonchev–Trinajstić information content (AvgIpc) is 2.87. The fourth-order valence-electron chi connectivity index (χ4n) is 1.84. The zero-order valence-electron chi connectivity index (χ0n) is 8.19. The number of aryl methyl sites for hydroxylation is 1. The summed E-state index contributed by atoms with van der Waals surface area (Å²) in [7, 11) is 0. The van der Waals surface area contributed by atoms with Gasteiger partial charge in [0.2, 0.25) is 0 Å². The Kier molecular flexibility index (Phi) is 3.90. The molecule has 0 spiro atoms. The summed E-state index contributed by atoms with van der Waals surface area (Å²) in [5.74, 6) is 2.95. The van der Waals surface area contributed by atoms with E-state index in [9.17, 15) is 5.11 Å². The highest BCUT2D eigenvalue weighted by atomic mass is 32.2. The van der Waals surface area contributed by atoms with Gasteiger partial charge in [-0.3, -0.25) is 0 Å². The van der Waals surface area contributed by atoms with Crippen LogP contribution in [-0.2, 0) is 6.42 Å². The lowest BCUT2D eigenvalue weighted by Crippen LogP contribution is -2.20. The molecule has 1 fully saturated rings. The van der Waals surface area contributed by atoms with Crippen LogP contribution in [0.1, 0.15) is 18.4 Å². The van der Waals surface area contributed by atoms with Crippen molar-refractivity contribution in [3.63, 3.8) is 0 Å². The molecule has 0 saturated carbocycles. The highest BCUT2D eigenvalue weighted by Crippen LogP contribution is 2.28. The Labute approximate surface area is 93.5 Å². The molecule has 1 aromatic heterocycles. The number of hydrogen-bond acceptors (Lipinski definition) is 3. The first-order valence-electron chi connectivity index (χ1n) is 5.13. The minimum Gasteiger partial charge on any atom is -0.393 e. The Morgan fingerprint density at radius 2 is 2.50 bits per heavy atom. The number of thioether (sulfide) groups is 1. The van der Waals surface area contributed by atoms with Crippen molar-refractivity contribution in [1.29, 1.82) is 0 Å². The summed E-state index contributed by atoms with van der Waals surface area (Å²) in [6.45, 7) is 0. The predicted octanol–water partition coefficient (Wildman–Crippen LogP) is 2.79. The molecule has 2 atom stereocenters. The molecule has 0 aliphatic carbocycles. The van der Waals surface area contributed by atoms with Gasteiger partial charge in [0.1, 0.15) is 0 Å². The van der Waals surface area contributed by atoms with Crippen LogP contribution < -0.4 is 0 Å². The molecule has 3 heteroatoms. The molecule has 0 aromatic carbocycles. The summed E-state index contributed by atoms with van der Waals surface area (Å²) in [5, 5.41) is 14.2. The molecule has 0 bridgehead atoms. The molecule has 1 N–H and O–H groups in total. The summed E-state index contributed by atoms with van der Waals surface area (Å²) in [5.41, 5.74) is 1.37. The van der Waals surface area contributed by atoms with Crippen molar-refractivity contribution in [2.75, 3.05) is 11.5 Å². The molecule has 2 rings (SSSR count). The molecular formula is C11H16OS2. The molecule has 1 aromatic rings. The van der Waals surface area contributed by atoms with Crippen LogP contribution in [0.4, 0.5) is 0 Å². The van der Waals surface area contributed by atoms with Gasteiger partial charge in [0.25, 0.3) is 0 Å². The van der Waals surface area contributed by atoms with Gasteiger partial charge < -0.3 is 5.11 Å². The van der Waals surface area contributed by atoms with E-state index < -0.39 is 0 Å². The zero-order valence-corrected chi connectivity index (χ0v) is 9.82. The van der Waals surface area contributed by atoms with Crippen molar-refractivity contribution >= 4 is 23.1 Å². The van der Waals surface area contributed by atoms with Gasteiger partial charge in [0.05, 0.1) is 6.10 Å². The Morgan fingerprint density at radius 1 is 1.57 bits per heavy atom. The quantitative estimate of drug-likeness (QED) is 0.855. The van der Waals surface area contributed by atoms with Gasteiger partial charge in [-0.1, -0.05) is 0 Å². The largest absolute Gasteiger partial charge is 0.393 e. The van der Waals surface area contributed by atoms with E-state index in [4.69, 9.17) is 0 Å². The van der Waals surface area contributed by atoms with Crippen molar-refractivity contribution < 1.29 is 5.11 Å². The van der Waals surface area contributed by atoms with Crippen LogP contribution in [0.25, 0.3) is 0 Å². The summed E-state index contributed by atoms with van der Waals surface area (Å²) in [6.07, 6.45) is 3.09. The Bertz CT molecular complexity index is 252. The van der Waals surface area contributed by atoms with Gasteiger partial charge in [-0.15, -0.1) is 0 Å². The fraction of sp³-hybridized carbons (Fsp3) is 0.636. The van der Waals surface area contributed by atoms with Crippen molar-refractivity contribution in [3.05, 3.63) is 22.4 Å². The standard InChI is InChI=1S/C11H16OS2/c12-11(10-4-6-14-8-10)2-1-9-3-5-13-7-9/h3,5,7,10-12H,1-2,4,6,8H2. The first-order valence-corrected chi connectivity index (χ1v) is 7.23. The van der Waals surface area contributed by atoms with Gasteiger partial charge >= 0.3 is 0 Å². The predicted molar refractivity (Wildman–Crippen MR) is 64.1 cm³/mol. The molecule has 1 aliphatic rings. The molecule has 1 nitrogen and oxygen atoms in total. The van der Waals surface area contributed by atoms with E-state index in [1.807, 2.05) is 11.8 Å². The Balaban J connectivity index is 1.74.